The van der Waals surface area contributed by atoms with Gasteiger partial charge in [-0.3, -0.25) is 29.8 Å². The second-order valence-corrected chi connectivity index (χ2v) is 14.1. The van der Waals surface area contributed by atoms with Crippen molar-refractivity contribution in [1.29, 1.82) is 0 Å². The number of amidine groups is 2. The van der Waals surface area contributed by atoms with Gasteiger partial charge >= 0.3 is 118 Å². The first-order valence-corrected chi connectivity index (χ1v) is 18.9. The number of amides is 4. The molecule has 6 rings (SSSR count). The monoisotopic (exact) mass is 1030 g/mol. The van der Waals surface area contributed by atoms with Crippen molar-refractivity contribution in [2.75, 3.05) is 0 Å². The molecule has 4 heterocycles. The molecule has 2 aromatic rings. The Morgan fingerprint density at radius 3 is 1.13 bits per heavy atom. The largest absolute Gasteiger partial charge is 1.00 e. The van der Waals surface area contributed by atoms with Crippen molar-refractivity contribution in [3.63, 3.8) is 0 Å². The summed E-state index contributed by atoms with van der Waals surface area (Å²) in [5.74, 6) is -8.20. The molecule has 0 spiro atoms. The van der Waals surface area contributed by atoms with Crippen LogP contribution in [0.3, 0.4) is 0 Å². The number of nitrogens with two attached hydrogens (primary N) is 2. The van der Waals surface area contributed by atoms with Gasteiger partial charge in [0.05, 0.1) is 24.0 Å². The number of hydrogen-bond donors (Lipinski definition) is 6. The third kappa shape index (κ3) is 22.2. The standard InChI is InChI=1S/2C20H21N5O6.4Na.5H2O/c2*21-20-24-16-15(18(29)25-20)12(9-22-16)6-3-10-1-4-11(5-2-10)17(28)23-13(19(30)31)7-8-14(26)27;;;;;;;;;/h2*1-2,4-5,9,13,15H,3,6-8H2,(H,23,28)(H,26,27)(H,30,31)(H3,21,22,24,25,29);;;;;5*1H2/q;;4*+1;;;;;/p-4. The number of carboxylic acid groups (broad SMARTS) is 4. The Morgan fingerprint density at radius 2 is 0.845 bits per heavy atom. The van der Waals surface area contributed by atoms with Gasteiger partial charge in [0.1, 0.15) is 23.5 Å². The Morgan fingerprint density at radius 1 is 0.535 bits per heavy atom. The molecule has 4 amide bonds. The van der Waals surface area contributed by atoms with Crippen LogP contribution in [0.1, 0.15) is 70.4 Å². The fraction of sp³-hybridized carbons (Fsp3) is 0.300. The van der Waals surface area contributed by atoms with Crippen molar-refractivity contribution in [2.45, 2.75) is 63.5 Å². The fourth-order valence-electron chi connectivity index (χ4n) is 6.53. The number of hydrogen-bond acceptors (Lipinski definition) is 18. The molecule has 18 N–H and O–H groups in total. The van der Waals surface area contributed by atoms with Crippen molar-refractivity contribution in [2.24, 2.45) is 43.3 Å². The Labute approximate surface area is 492 Å². The van der Waals surface area contributed by atoms with E-state index < -0.39 is 72.5 Å². The first kappa shape index (κ1) is 75.7. The second kappa shape index (κ2) is 35.8. The summed E-state index contributed by atoms with van der Waals surface area (Å²) in [6.45, 7) is 0. The number of guanidine groups is 2. The molecule has 4 aliphatic rings. The molecule has 0 radical (unpaired) electrons. The molecule has 2 aromatic carbocycles. The smallest absolute Gasteiger partial charge is 0.550 e. The summed E-state index contributed by atoms with van der Waals surface area (Å²) in [6.07, 6.45) is 3.75. The molecule has 0 bridgehead atoms. The quantitative estimate of drug-likeness (QED) is 0.0756. The minimum Gasteiger partial charge on any atom is -0.550 e. The van der Waals surface area contributed by atoms with Gasteiger partial charge in [0, 0.05) is 35.5 Å². The molecule has 364 valence electrons. The van der Waals surface area contributed by atoms with Crippen molar-refractivity contribution in [3.05, 3.63) is 94.3 Å². The number of carbonyl (C=O) groups excluding carboxylic acids is 8. The number of carboxylic acids is 4. The van der Waals surface area contributed by atoms with Crippen LogP contribution in [0.2, 0.25) is 0 Å². The zero-order valence-corrected chi connectivity index (χ0v) is 47.1. The summed E-state index contributed by atoms with van der Waals surface area (Å²) in [7, 11) is 0. The number of benzene rings is 2. The van der Waals surface area contributed by atoms with E-state index in [-0.39, 0.29) is 193 Å². The number of aliphatic carboxylic acids is 4. The molecule has 0 aliphatic carbocycles. The topological polar surface area (TPSA) is 536 Å². The van der Waals surface area contributed by atoms with Crippen molar-refractivity contribution < 1.29 is 204 Å². The van der Waals surface area contributed by atoms with Gasteiger partial charge < -0.3 is 89.1 Å². The molecule has 4 atom stereocenters. The van der Waals surface area contributed by atoms with Crippen LogP contribution in [-0.2, 0) is 41.6 Å². The molecule has 0 aromatic heterocycles. The minimum absolute atomic E-state index is 0. The summed E-state index contributed by atoms with van der Waals surface area (Å²) in [5, 5.41) is 52.6. The predicted molar refractivity (Wildman–Crippen MR) is 226 cm³/mol. The Hall–Kier alpha value is -4.24. The van der Waals surface area contributed by atoms with Crippen LogP contribution >= 0.6 is 0 Å². The van der Waals surface area contributed by atoms with Crippen molar-refractivity contribution in [1.82, 2.24) is 21.3 Å². The average molecular weight is 1030 g/mol. The maximum atomic E-state index is 12.2. The predicted octanol–water partition coefficient (Wildman–Crippen LogP) is -21.4. The van der Waals surface area contributed by atoms with Crippen LogP contribution < -0.4 is 171 Å². The maximum Gasteiger partial charge on any atom is 1.00 e. The van der Waals surface area contributed by atoms with Gasteiger partial charge in [-0.25, -0.2) is 9.98 Å². The van der Waals surface area contributed by atoms with Crippen LogP contribution in [0, 0.1) is 11.8 Å². The third-order valence-electron chi connectivity index (χ3n) is 9.77. The Kier molecular flexibility index (Phi) is 38.2. The van der Waals surface area contributed by atoms with E-state index in [1.807, 2.05) is 0 Å². The first-order chi connectivity index (χ1) is 29.5. The van der Waals surface area contributed by atoms with E-state index in [0.717, 1.165) is 22.3 Å². The summed E-state index contributed by atoms with van der Waals surface area (Å²) in [5.41, 5.74) is 14.9. The van der Waals surface area contributed by atoms with Crippen LogP contribution in [0.15, 0.2) is 92.0 Å². The van der Waals surface area contributed by atoms with E-state index >= 15 is 0 Å². The van der Waals surface area contributed by atoms with Crippen molar-refractivity contribution >= 4 is 71.1 Å². The number of aryl methyl sites for hydroxylation is 2. The van der Waals surface area contributed by atoms with Gasteiger partial charge in [-0.05, 0) is 97.9 Å². The number of rotatable bonds is 18. The van der Waals surface area contributed by atoms with Gasteiger partial charge in [0.2, 0.25) is 23.7 Å². The molecule has 0 saturated carbocycles. The summed E-state index contributed by atoms with van der Waals surface area (Å²) in [4.78, 5) is 108. The number of carbonyl (C=O) groups is 8. The second-order valence-electron chi connectivity index (χ2n) is 14.1. The van der Waals surface area contributed by atoms with E-state index in [1.54, 1.807) is 36.7 Å². The third-order valence-corrected chi connectivity index (χ3v) is 9.77. The van der Waals surface area contributed by atoms with Crippen LogP contribution in [0.5, 0.6) is 0 Å². The van der Waals surface area contributed by atoms with Crippen LogP contribution in [-0.4, -0.2) is 111 Å². The SMILES string of the molecule is NC1=NC2=NC=C(CCc3ccc(C(=O)NC(CCC(=O)[O-])C(=O)[O-])cc3)C2C(=O)N1.NC1=NC2=NC=C(CCc3ccc(C(=O)NC(CCC(=O)[O-])C(=O)[O-])cc3)C2C(=O)N1.O.O.O.O.O.[Na+].[Na+].[Na+].[Na+]. The molecule has 0 fully saturated rings. The molecule has 27 nitrogen and oxygen atoms in total. The summed E-state index contributed by atoms with van der Waals surface area (Å²) < 4.78 is 0. The number of nitrogens with one attached hydrogen (secondary N) is 4. The Balaban J connectivity index is -0.000000363. The number of nitrogens with zero attached hydrogens (tertiary/aromatic N) is 4. The van der Waals surface area contributed by atoms with Gasteiger partial charge in [-0.1, -0.05) is 24.3 Å². The van der Waals surface area contributed by atoms with Gasteiger partial charge in [-0.15, -0.1) is 0 Å². The molecule has 31 heteroatoms. The van der Waals surface area contributed by atoms with E-state index in [0.29, 0.717) is 37.4 Å². The normalized spacial score (nSPS) is 15.8. The summed E-state index contributed by atoms with van der Waals surface area (Å²) >= 11 is 0. The number of fused-ring (bicyclic) bond motifs is 2. The molecule has 4 aliphatic heterocycles. The van der Waals surface area contributed by atoms with E-state index in [2.05, 4.69) is 41.2 Å². The van der Waals surface area contributed by atoms with Crippen molar-refractivity contribution in [3.8, 4) is 0 Å². The molecular formula is C40H48N10Na4O17. The van der Waals surface area contributed by atoms with E-state index in [1.165, 1.54) is 24.3 Å². The van der Waals surface area contributed by atoms with Crippen LogP contribution in [0.4, 0.5) is 0 Å². The van der Waals surface area contributed by atoms with E-state index in [4.69, 9.17) is 11.5 Å². The Bertz CT molecular complexity index is 2220. The number of aliphatic imine (C=N–C) groups is 4. The fourth-order valence-corrected chi connectivity index (χ4v) is 6.53. The first-order valence-electron chi connectivity index (χ1n) is 18.9. The molecular weight excluding hydrogens is 984 g/mol. The van der Waals surface area contributed by atoms with Gasteiger partial charge in [0.25, 0.3) is 11.8 Å². The van der Waals surface area contributed by atoms with Crippen LogP contribution in [0.25, 0.3) is 0 Å². The van der Waals surface area contributed by atoms with Gasteiger partial charge in [0.15, 0.2) is 0 Å². The molecule has 71 heavy (non-hydrogen) atoms. The zero-order valence-electron chi connectivity index (χ0n) is 39.1. The maximum absolute atomic E-state index is 12.2. The average Bonchev–Trinajstić information content (AvgIpc) is 3.83. The van der Waals surface area contributed by atoms with Gasteiger partial charge in [-0.2, -0.15) is 9.98 Å². The molecule has 0 saturated heterocycles. The van der Waals surface area contributed by atoms with E-state index in [9.17, 15) is 58.8 Å². The summed E-state index contributed by atoms with van der Waals surface area (Å²) in [6, 6.07) is 10.1. The minimum atomic E-state index is -1.57. The zero-order chi connectivity index (χ0) is 45.1. The molecule has 4 unspecified atom stereocenters.